The van der Waals surface area contributed by atoms with Gasteiger partial charge in [0.1, 0.15) is 0 Å². The second-order valence-corrected chi connectivity index (χ2v) is 6.12. The lowest BCUT2D eigenvalue weighted by Gasteiger charge is -2.21. The van der Waals surface area contributed by atoms with E-state index in [9.17, 15) is 5.11 Å². The zero-order valence-corrected chi connectivity index (χ0v) is 13.0. The van der Waals surface area contributed by atoms with Crippen molar-refractivity contribution in [3.63, 3.8) is 0 Å². The van der Waals surface area contributed by atoms with E-state index >= 15 is 0 Å². The van der Waals surface area contributed by atoms with E-state index in [4.69, 9.17) is 0 Å². The summed E-state index contributed by atoms with van der Waals surface area (Å²) in [7, 11) is 0. The Hall–Kier alpha value is -1.60. The second-order valence-electron chi connectivity index (χ2n) is 6.12. The number of aliphatic hydroxyl groups excluding tert-OH is 1. The van der Waals surface area contributed by atoms with Crippen molar-refractivity contribution in [1.29, 1.82) is 0 Å². The van der Waals surface area contributed by atoms with E-state index in [0.29, 0.717) is 5.92 Å². The minimum atomic E-state index is -0.348. The average Bonchev–Trinajstić information content (AvgIpc) is 2.97. The van der Waals surface area contributed by atoms with Crippen LogP contribution in [0.3, 0.4) is 0 Å². The largest absolute Gasteiger partial charge is 0.388 e. The molecule has 2 aromatic carbocycles. The first-order valence-corrected chi connectivity index (χ1v) is 8.09. The van der Waals surface area contributed by atoms with E-state index in [1.165, 1.54) is 22.3 Å². The van der Waals surface area contributed by atoms with Crippen molar-refractivity contribution in [2.45, 2.75) is 45.6 Å². The molecule has 1 unspecified atom stereocenters. The first kappa shape index (κ1) is 14.3. The van der Waals surface area contributed by atoms with Gasteiger partial charge in [0.15, 0.2) is 0 Å². The van der Waals surface area contributed by atoms with Crippen LogP contribution in [0.5, 0.6) is 0 Å². The van der Waals surface area contributed by atoms with Crippen LogP contribution in [-0.4, -0.2) is 5.11 Å². The highest BCUT2D eigenvalue weighted by Gasteiger charge is 2.29. The number of hydrogen-bond acceptors (Lipinski definition) is 1. The van der Waals surface area contributed by atoms with E-state index in [-0.39, 0.29) is 6.10 Å². The highest BCUT2D eigenvalue weighted by atomic mass is 16.3. The Kier molecular flexibility index (Phi) is 4.12. The standard InChI is InChI=1S/C20H24O/c1-3-14-9-10-15(4-2)19(11-14)20(21)18-12-16-7-5-6-8-17(16)13-18/h5-11,18,20-21H,3-4,12-13H2,1-2H3. The van der Waals surface area contributed by atoms with Gasteiger partial charge in [-0.3, -0.25) is 0 Å². The quantitative estimate of drug-likeness (QED) is 0.887. The minimum Gasteiger partial charge on any atom is -0.388 e. The van der Waals surface area contributed by atoms with Gasteiger partial charge in [0.25, 0.3) is 0 Å². The molecule has 0 heterocycles. The molecule has 21 heavy (non-hydrogen) atoms. The molecule has 1 aliphatic carbocycles. The van der Waals surface area contributed by atoms with Gasteiger partial charge in [0.2, 0.25) is 0 Å². The lowest BCUT2D eigenvalue weighted by atomic mass is 9.88. The number of hydrogen-bond donors (Lipinski definition) is 1. The van der Waals surface area contributed by atoms with Gasteiger partial charge in [0.05, 0.1) is 6.10 Å². The summed E-state index contributed by atoms with van der Waals surface area (Å²) in [4.78, 5) is 0. The molecule has 0 saturated carbocycles. The van der Waals surface area contributed by atoms with Crippen LogP contribution in [0.25, 0.3) is 0 Å². The Morgan fingerprint density at radius 1 is 1.00 bits per heavy atom. The zero-order chi connectivity index (χ0) is 14.8. The van der Waals surface area contributed by atoms with E-state index < -0.39 is 0 Å². The van der Waals surface area contributed by atoms with Crippen LogP contribution < -0.4 is 0 Å². The van der Waals surface area contributed by atoms with E-state index in [2.05, 4.69) is 56.3 Å². The molecule has 0 aliphatic heterocycles. The van der Waals surface area contributed by atoms with Gasteiger partial charge in [-0.25, -0.2) is 0 Å². The maximum absolute atomic E-state index is 10.9. The molecule has 0 fully saturated rings. The van der Waals surface area contributed by atoms with Crippen molar-refractivity contribution in [1.82, 2.24) is 0 Å². The van der Waals surface area contributed by atoms with Crippen LogP contribution in [-0.2, 0) is 25.7 Å². The lowest BCUT2D eigenvalue weighted by Crippen LogP contribution is -2.15. The van der Waals surface area contributed by atoms with Crippen molar-refractivity contribution in [3.8, 4) is 0 Å². The summed E-state index contributed by atoms with van der Waals surface area (Å²) in [6.45, 7) is 4.34. The summed E-state index contributed by atoms with van der Waals surface area (Å²) < 4.78 is 0. The maximum Gasteiger partial charge on any atom is 0.0827 e. The normalized spacial score (nSPS) is 16.0. The van der Waals surface area contributed by atoms with E-state index in [1.54, 1.807) is 0 Å². The van der Waals surface area contributed by atoms with Crippen molar-refractivity contribution in [2.24, 2.45) is 5.92 Å². The number of aryl methyl sites for hydroxylation is 2. The van der Waals surface area contributed by atoms with Gasteiger partial charge in [-0.2, -0.15) is 0 Å². The van der Waals surface area contributed by atoms with Gasteiger partial charge in [-0.15, -0.1) is 0 Å². The molecule has 1 atom stereocenters. The Labute approximate surface area is 127 Å². The van der Waals surface area contributed by atoms with Crippen LogP contribution in [0.2, 0.25) is 0 Å². The number of rotatable bonds is 4. The van der Waals surface area contributed by atoms with Crippen molar-refractivity contribution >= 4 is 0 Å². The average molecular weight is 280 g/mol. The summed E-state index contributed by atoms with van der Waals surface area (Å²) >= 11 is 0. The van der Waals surface area contributed by atoms with Gasteiger partial charge in [-0.05, 0) is 59.4 Å². The van der Waals surface area contributed by atoms with E-state index in [0.717, 1.165) is 31.2 Å². The Bertz CT molecular complexity index is 604. The fraction of sp³-hybridized carbons (Fsp3) is 0.400. The number of benzene rings is 2. The minimum absolute atomic E-state index is 0.319. The molecule has 0 spiro atoms. The molecular formula is C20H24O. The number of fused-ring (bicyclic) bond motifs is 1. The third-order valence-electron chi connectivity index (χ3n) is 4.85. The fourth-order valence-corrected chi connectivity index (χ4v) is 3.53. The topological polar surface area (TPSA) is 20.2 Å². The molecule has 1 nitrogen and oxygen atoms in total. The number of aliphatic hydroxyl groups is 1. The Morgan fingerprint density at radius 3 is 2.24 bits per heavy atom. The lowest BCUT2D eigenvalue weighted by molar-refractivity contribution is 0.112. The second kappa shape index (κ2) is 6.03. The molecule has 1 aliphatic rings. The van der Waals surface area contributed by atoms with Gasteiger partial charge >= 0.3 is 0 Å². The Morgan fingerprint density at radius 2 is 1.67 bits per heavy atom. The van der Waals surface area contributed by atoms with Crippen molar-refractivity contribution in [2.75, 3.05) is 0 Å². The van der Waals surface area contributed by atoms with Crippen LogP contribution in [0, 0.1) is 5.92 Å². The monoisotopic (exact) mass is 280 g/mol. The summed E-state index contributed by atoms with van der Waals surface area (Å²) in [5.41, 5.74) is 6.57. The smallest absolute Gasteiger partial charge is 0.0827 e. The molecule has 1 heteroatoms. The molecule has 3 rings (SSSR count). The highest BCUT2D eigenvalue weighted by molar-refractivity contribution is 5.37. The molecular weight excluding hydrogens is 256 g/mol. The van der Waals surface area contributed by atoms with E-state index in [1.807, 2.05) is 0 Å². The Balaban J connectivity index is 1.88. The van der Waals surface area contributed by atoms with Crippen LogP contribution in [0.1, 0.15) is 47.8 Å². The molecule has 0 bridgehead atoms. The third kappa shape index (κ3) is 2.75. The SMILES string of the molecule is CCc1ccc(CC)c(C(O)C2Cc3ccccc3C2)c1. The molecule has 0 amide bonds. The van der Waals surface area contributed by atoms with Crippen LogP contribution in [0.15, 0.2) is 42.5 Å². The first-order valence-electron chi connectivity index (χ1n) is 8.09. The van der Waals surface area contributed by atoms with Crippen molar-refractivity contribution < 1.29 is 5.11 Å². The summed E-state index contributed by atoms with van der Waals surface area (Å²) in [5.74, 6) is 0.319. The van der Waals surface area contributed by atoms with Gasteiger partial charge in [-0.1, -0.05) is 56.3 Å². The summed E-state index contributed by atoms with van der Waals surface area (Å²) in [6.07, 6.45) is 3.65. The fourth-order valence-electron chi connectivity index (χ4n) is 3.53. The van der Waals surface area contributed by atoms with Gasteiger partial charge in [0, 0.05) is 0 Å². The van der Waals surface area contributed by atoms with Crippen LogP contribution in [0.4, 0.5) is 0 Å². The maximum atomic E-state index is 10.9. The molecule has 110 valence electrons. The molecule has 1 N–H and O–H groups in total. The predicted octanol–water partition coefficient (Wildman–Crippen LogP) is 4.26. The molecule has 0 radical (unpaired) electrons. The molecule has 0 aromatic heterocycles. The van der Waals surface area contributed by atoms with Gasteiger partial charge < -0.3 is 5.11 Å². The third-order valence-corrected chi connectivity index (χ3v) is 4.85. The summed E-state index contributed by atoms with van der Waals surface area (Å²) in [6, 6.07) is 15.2. The van der Waals surface area contributed by atoms with Crippen molar-refractivity contribution in [3.05, 3.63) is 70.3 Å². The highest BCUT2D eigenvalue weighted by Crippen LogP contribution is 2.36. The summed E-state index contributed by atoms with van der Waals surface area (Å²) in [5, 5.41) is 10.9. The molecule has 0 saturated heterocycles. The predicted molar refractivity (Wildman–Crippen MR) is 87.5 cm³/mol. The van der Waals surface area contributed by atoms with Crippen LogP contribution >= 0.6 is 0 Å². The zero-order valence-electron chi connectivity index (χ0n) is 13.0. The first-order chi connectivity index (χ1) is 10.2. The molecule has 2 aromatic rings.